The zero-order chi connectivity index (χ0) is 14.9. The van der Waals surface area contributed by atoms with Crippen LogP contribution in [0.4, 0.5) is 14.5 Å². The molecule has 0 aliphatic heterocycles. The summed E-state index contributed by atoms with van der Waals surface area (Å²) in [6.45, 7) is 1.85. The number of sulfonamides is 1. The molecule has 0 saturated heterocycles. The normalized spacial score (nSPS) is 11.8. The lowest BCUT2D eigenvalue weighted by Crippen LogP contribution is -2.24. The molecule has 0 fully saturated rings. The predicted molar refractivity (Wildman–Crippen MR) is 73.9 cm³/mol. The molecule has 3 N–H and O–H groups in total. The van der Waals surface area contributed by atoms with Gasteiger partial charge in [-0.25, -0.2) is 21.9 Å². The number of benzene rings is 1. The molecule has 0 radical (unpaired) electrons. The van der Waals surface area contributed by atoms with Gasteiger partial charge in [0.1, 0.15) is 4.90 Å². The van der Waals surface area contributed by atoms with Crippen LogP contribution in [0.25, 0.3) is 0 Å². The second kappa shape index (κ2) is 5.47. The highest BCUT2D eigenvalue weighted by Crippen LogP contribution is 2.22. The van der Waals surface area contributed by atoms with Gasteiger partial charge >= 0.3 is 0 Å². The van der Waals surface area contributed by atoms with Crippen LogP contribution < -0.4 is 10.5 Å². The van der Waals surface area contributed by atoms with Crippen molar-refractivity contribution in [2.24, 2.45) is 0 Å². The Morgan fingerprint density at radius 1 is 1.35 bits per heavy atom. The molecule has 1 aromatic carbocycles. The lowest BCUT2D eigenvalue weighted by Gasteiger charge is -2.09. The predicted octanol–water partition coefficient (Wildman–Crippen LogP) is 2.40. The SMILES string of the molecule is Cc1ccsc1CNS(=O)(=O)c1cc(N)cc(F)c1F. The highest BCUT2D eigenvalue weighted by molar-refractivity contribution is 7.89. The average Bonchev–Trinajstić information content (AvgIpc) is 2.77. The second-order valence-corrected chi connectivity index (χ2v) is 6.90. The van der Waals surface area contributed by atoms with Crippen molar-refractivity contribution >= 4 is 27.0 Å². The van der Waals surface area contributed by atoms with Crippen molar-refractivity contribution in [1.82, 2.24) is 4.72 Å². The summed E-state index contributed by atoms with van der Waals surface area (Å²) in [7, 11) is -4.17. The number of rotatable bonds is 4. The van der Waals surface area contributed by atoms with Gasteiger partial charge < -0.3 is 5.73 Å². The van der Waals surface area contributed by atoms with Crippen LogP contribution in [0.5, 0.6) is 0 Å². The summed E-state index contributed by atoms with van der Waals surface area (Å²) in [4.78, 5) is 0.0163. The van der Waals surface area contributed by atoms with Crippen LogP contribution in [0.1, 0.15) is 10.4 Å². The Morgan fingerprint density at radius 2 is 2.05 bits per heavy atom. The minimum absolute atomic E-state index is 0.0156. The van der Waals surface area contributed by atoms with Gasteiger partial charge in [-0.1, -0.05) is 0 Å². The van der Waals surface area contributed by atoms with E-state index in [9.17, 15) is 17.2 Å². The summed E-state index contributed by atoms with van der Waals surface area (Å²) in [5.41, 5.74) is 6.11. The van der Waals surface area contributed by atoms with E-state index in [2.05, 4.69) is 4.72 Å². The Hall–Kier alpha value is -1.51. The molecule has 1 aromatic heterocycles. The first-order chi connectivity index (χ1) is 9.31. The minimum Gasteiger partial charge on any atom is -0.399 e. The van der Waals surface area contributed by atoms with Crippen molar-refractivity contribution in [2.45, 2.75) is 18.4 Å². The van der Waals surface area contributed by atoms with Gasteiger partial charge in [-0.15, -0.1) is 11.3 Å². The van der Waals surface area contributed by atoms with E-state index in [0.29, 0.717) is 0 Å². The van der Waals surface area contributed by atoms with Crippen LogP contribution in [-0.2, 0) is 16.6 Å². The smallest absolute Gasteiger partial charge is 0.244 e. The van der Waals surface area contributed by atoms with Gasteiger partial charge in [-0.05, 0) is 36.1 Å². The van der Waals surface area contributed by atoms with Gasteiger partial charge in [0.15, 0.2) is 11.6 Å². The van der Waals surface area contributed by atoms with Gasteiger partial charge in [0.25, 0.3) is 0 Å². The van der Waals surface area contributed by atoms with Crippen molar-refractivity contribution in [3.63, 3.8) is 0 Å². The highest BCUT2D eigenvalue weighted by atomic mass is 32.2. The van der Waals surface area contributed by atoms with Crippen molar-refractivity contribution in [1.29, 1.82) is 0 Å². The molecule has 0 saturated carbocycles. The van der Waals surface area contributed by atoms with E-state index in [1.54, 1.807) is 0 Å². The quantitative estimate of drug-likeness (QED) is 0.850. The molecule has 4 nitrogen and oxygen atoms in total. The first-order valence-corrected chi connectivity index (χ1v) is 7.94. The van der Waals surface area contributed by atoms with Gasteiger partial charge in [0, 0.05) is 17.1 Å². The number of nitrogens with two attached hydrogens (primary N) is 1. The van der Waals surface area contributed by atoms with Crippen LogP contribution in [0.15, 0.2) is 28.5 Å². The van der Waals surface area contributed by atoms with E-state index in [4.69, 9.17) is 5.73 Å². The van der Waals surface area contributed by atoms with E-state index >= 15 is 0 Å². The summed E-state index contributed by atoms with van der Waals surface area (Å²) in [5, 5.41) is 1.82. The van der Waals surface area contributed by atoms with Crippen molar-refractivity contribution in [3.8, 4) is 0 Å². The number of thiophene rings is 1. The number of hydrogen-bond donors (Lipinski definition) is 2. The molecular weight excluding hydrogens is 306 g/mol. The molecule has 108 valence electrons. The molecule has 0 aliphatic carbocycles. The summed E-state index contributed by atoms with van der Waals surface area (Å²) >= 11 is 1.38. The minimum atomic E-state index is -4.17. The Kier molecular flexibility index (Phi) is 4.07. The molecule has 2 rings (SSSR count). The third-order valence-electron chi connectivity index (χ3n) is 2.70. The van der Waals surface area contributed by atoms with Crippen LogP contribution in [0.3, 0.4) is 0 Å². The molecule has 20 heavy (non-hydrogen) atoms. The van der Waals surface area contributed by atoms with E-state index in [-0.39, 0.29) is 12.2 Å². The largest absolute Gasteiger partial charge is 0.399 e. The number of aryl methyl sites for hydroxylation is 1. The maximum absolute atomic E-state index is 13.6. The third-order valence-corrected chi connectivity index (χ3v) is 5.12. The number of nitrogen functional groups attached to an aromatic ring is 1. The summed E-state index contributed by atoms with van der Waals surface area (Å²) < 4.78 is 53.0. The molecule has 0 spiro atoms. The zero-order valence-electron chi connectivity index (χ0n) is 10.5. The van der Waals surface area contributed by atoms with Gasteiger partial charge in [0.05, 0.1) is 0 Å². The van der Waals surface area contributed by atoms with Crippen molar-refractivity contribution in [2.75, 3.05) is 5.73 Å². The fourth-order valence-corrected chi connectivity index (χ4v) is 3.65. The highest BCUT2D eigenvalue weighted by Gasteiger charge is 2.22. The Balaban J connectivity index is 2.29. The van der Waals surface area contributed by atoms with Gasteiger partial charge in [-0.2, -0.15) is 0 Å². The number of hydrogen-bond acceptors (Lipinski definition) is 4. The monoisotopic (exact) mass is 318 g/mol. The Labute approximate surface area is 119 Å². The van der Waals surface area contributed by atoms with Crippen LogP contribution in [-0.4, -0.2) is 8.42 Å². The summed E-state index contributed by atoms with van der Waals surface area (Å²) in [5.74, 6) is -2.73. The Morgan fingerprint density at radius 3 is 2.65 bits per heavy atom. The van der Waals surface area contributed by atoms with E-state index < -0.39 is 26.6 Å². The maximum Gasteiger partial charge on any atom is 0.244 e. The molecule has 0 atom stereocenters. The lowest BCUT2D eigenvalue weighted by atomic mass is 10.3. The molecule has 8 heteroatoms. The number of anilines is 1. The first kappa shape index (κ1) is 14.9. The molecular formula is C12H12F2N2O2S2. The summed E-state index contributed by atoms with van der Waals surface area (Å²) in [6, 6.07) is 3.47. The average molecular weight is 318 g/mol. The number of halogens is 2. The topological polar surface area (TPSA) is 72.2 Å². The molecule has 0 bridgehead atoms. The molecule has 0 amide bonds. The molecule has 0 unspecified atom stereocenters. The fourth-order valence-electron chi connectivity index (χ4n) is 1.60. The second-order valence-electron chi connectivity index (χ2n) is 4.17. The fraction of sp³-hybridized carbons (Fsp3) is 0.167. The first-order valence-electron chi connectivity index (χ1n) is 5.58. The van der Waals surface area contributed by atoms with Crippen molar-refractivity contribution in [3.05, 3.63) is 45.7 Å². The van der Waals surface area contributed by atoms with E-state index in [0.717, 1.165) is 22.6 Å². The van der Waals surface area contributed by atoms with Crippen molar-refractivity contribution < 1.29 is 17.2 Å². The third kappa shape index (κ3) is 2.97. The molecule has 1 heterocycles. The van der Waals surface area contributed by atoms with Crippen LogP contribution >= 0.6 is 11.3 Å². The number of nitrogens with one attached hydrogen (secondary N) is 1. The van der Waals surface area contributed by atoms with Gasteiger partial charge in [0.2, 0.25) is 10.0 Å². The lowest BCUT2D eigenvalue weighted by molar-refractivity contribution is 0.484. The van der Waals surface area contributed by atoms with E-state index in [1.165, 1.54) is 11.3 Å². The van der Waals surface area contributed by atoms with Gasteiger partial charge in [-0.3, -0.25) is 0 Å². The standard InChI is InChI=1S/C12H12F2N2O2S2/c1-7-2-3-19-10(7)6-16-20(17,18)11-5-8(15)4-9(13)12(11)14/h2-5,16H,6,15H2,1H3. The molecule has 0 aliphatic rings. The Bertz CT molecular complexity index is 742. The van der Waals surface area contributed by atoms with Crippen LogP contribution in [0, 0.1) is 18.6 Å². The molecule has 2 aromatic rings. The van der Waals surface area contributed by atoms with Crippen LogP contribution in [0.2, 0.25) is 0 Å². The zero-order valence-corrected chi connectivity index (χ0v) is 12.1. The van der Waals surface area contributed by atoms with E-state index in [1.807, 2.05) is 18.4 Å². The maximum atomic E-state index is 13.6. The summed E-state index contributed by atoms with van der Waals surface area (Å²) in [6.07, 6.45) is 0.